The summed E-state index contributed by atoms with van der Waals surface area (Å²) in [6.07, 6.45) is -2.53. The standard InChI is InChI=1S/C21H24F3N5S/c22-21(23,24)19-13-18(8-7-17(19)14-26-27-20(25)30)29-10-4-9-28(11-12-29)15-16-5-2-1-3-6-16/h1-3,5-8,13-14H,4,9-12,15H2,(H3,25,27,30)/b26-14+. The van der Waals surface area contributed by atoms with Crippen LogP contribution in [-0.4, -0.2) is 42.4 Å². The number of hydrogen-bond acceptors (Lipinski definition) is 4. The molecule has 1 saturated heterocycles. The van der Waals surface area contributed by atoms with Gasteiger partial charge in [0.1, 0.15) is 0 Å². The van der Waals surface area contributed by atoms with E-state index in [0.717, 1.165) is 32.3 Å². The molecule has 1 aliphatic heterocycles. The second kappa shape index (κ2) is 9.90. The Hall–Kier alpha value is -2.65. The van der Waals surface area contributed by atoms with E-state index in [0.29, 0.717) is 18.8 Å². The normalized spacial score (nSPS) is 15.9. The first kappa shape index (κ1) is 22.0. The molecule has 0 aromatic heterocycles. The van der Waals surface area contributed by atoms with Gasteiger partial charge in [-0.1, -0.05) is 36.4 Å². The second-order valence-corrected chi connectivity index (χ2v) is 7.55. The average Bonchev–Trinajstić information content (AvgIpc) is 2.93. The Morgan fingerprint density at radius 1 is 1.10 bits per heavy atom. The molecular weight excluding hydrogens is 411 g/mol. The van der Waals surface area contributed by atoms with E-state index in [1.807, 2.05) is 23.1 Å². The van der Waals surface area contributed by atoms with Crippen LogP contribution >= 0.6 is 12.2 Å². The van der Waals surface area contributed by atoms with Gasteiger partial charge in [-0.2, -0.15) is 18.3 Å². The Kier molecular flexibility index (Phi) is 7.28. The number of anilines is 1. The van der Waals surface area contributed by atoms with Crippen molar-refractivity contribution in [1.29, 1.82) is 0 Å². The highest BCUT2D eigenvalue weighted by Crippen LogP contribution is 2.34. The number of hydrogen-bond donors (Lipinski definition) is 2. The van der Waals surface area contributed by atoms with Crippen LogP contribution in [0, 0.1) is 0 Å². The molecule has 2 aromatic carbocycles. The molecule has 0 unspecified atom stereocenters. The second-order valence-electron chi connectivity index (χ2n) is 7.11. The SMILES string of the molecule is NC(=S)N/N=C/c1ccc(N2CCCN(Cc3ccccc3)CC2)cc1C(F)(F)F. The lowest BCUT2D eigenvalue weighted by atomic mass is 10.1. The molecule has 9 heteroatoms. The van der Waals surface area contributed by atoms with Gasteiger partial charge in [0.2, 0.25) is 0 Å². The van der Waals surface area contributed by atoms with E-state index in [2.05, 4.69) is 39.8 Å². The van der Waals surface area contributed by atoms with E-state index in [-0.39, 0.29) is 10.7 Å². The molecule has 1 fully saturated rings. The van der Waals surface area contributed by atoms with Gasteiger partial charge in [0.05, 0.1) is 11.8 Å². The minimum Gasteiger partial charge on any atom is -0.375 e. The molecule has 30 heavy (non-hydrogen) atoms. The largest absolute Gasteiger partial charge is 0.417 e. The van der Waals surface area contributed by atoms with Gasteiger partial charge < -0.3 is 10.6 Å². The fourth-order valence-electron chi connectivity index (χ4n) is 3.49. The third kappa shape index (κ3) is 6.17. The zero-order chi connectivity index (χ0) is 21.6. The lowest BCUT2D eigenvalue weighted by Crippen LogP contribution is -2.30. The quantitative estimate of drug-likeness (QED) is 0.427. The molecule has 0 atom stereocenters. The van der Waals surface area contributed by atoms with Gasteiger partial charge >= 0.3 is 6.18 Å². The van der Waals surface area contributed by atoms with Gasteiger partial charge in [-0.3, -0.25) is 10.3 Å². The minimum atomic E-state index is -4.49. The Morgan fingerprint density at radius 3 is 2.57 bits per heavy atom. The van der Waals surface area contributed by atoms with E-state index in [1.165, 1.54) is 17.7 Å². The molecule has 0 spiro atoms. The fourth-order valence-corrected chi connectivity index (χ4v) is 3.55. The van der Waals surface area contributed by atoms with Crippen LogP contribution in [0.2, 0.25) is 0 Å². The average molecular weight is 436 g/mol. The Balaban J connectivity index is 1.73. The minimum absolute atomic E-state index is 0.0458. The van der Waals surface area contributed by atoms with E-state index < -0.39 is 11.7 Å². The summed E-state index contributed by atoms with van der Waals surface area (Å²) in [6.45, 7) is 3.91. The maximum absolute atomic E-state index is 13.6. The zero-order valence-corrected chi connectivity index (χ0v) is 17.2. The van der Waals surface area contributed by atoms with Gasteiger partial charge in [-0.15, -0.1) is 0 Å². The summed E-state index contributed by atoms with van der Waals surface area (Å²) in [5.41, 5.74) is 8.54. The summed E-state index contributed by atoms with van der Waals surface area (Å²) in [5.74, 6) is 0. The maximum Gasteiger partial charge on any atom is 0.417 e. The molecule has 160 valence electrons. The van der Waals surface area contributed by atoms with Crippen molar-refractivity contribution in [3.63, 3.8) is 0 Å². The molecule has 3 N–H and O–H groups in total. The van der Waals surface area contributed by atoms with Gasteiger partial charge in [-0.05, 0) is 36.3 Å². The highest BCUT2D eigenvalue weighted by Gasteiger charge is 2.34. The van der Waals surface area contributed by atoms with E-state index in [1.54, 1.807) is 6.07 Å². The maximum atomic E-state index is 13.6. The molecule has 2 aromatic rings. The first-order valence-corrected chi connectivity index (χ1v) is 10.0. The molecule has 0 radical (unpaired) electrons. The van der Waals surface area contributed by atoms with Crippen molar-refractivity contribution in [1.82, 2.24) is 10.3 Å². The van der Waals surface area contributed by atoms with Gasteiger partial charge in [0.25, 0.3) is 0 Å². The highest BCUT2D eigenvalue weighted by molar-refractivity contribution is 7.80. The van der Waals surface area contributed by atoms with Crippen molar-refractivity contribution in [2.75, 3.05) is 31.1 Å². The van der Waals surface area contributed by atoms with Crippen molar-refractivity contribution in [3.8, 4) is 0 Å². The lowest BCUT2D eigenvalue weighted by molar-refractivity contribution is -0.137. The summed E-state index contributed by atoms with van der Waals surface area (Å²) >= 11 is 4.61. The Labute approximate surface area is 179 Å². The molecule has 0 saturated carbocycles. The number of nitrogens with one attached hydrogen (secondary N) is 1. The number of hydrazone groups is 1. The summed E-state index contributed by atoms with van der Waals surface area (Å²) in [7, 11) is 0. The van der Waals surface area contributed by atoms with Crippen LogP contribution in [0.3, 0.4) is 0 Å². The number of rotatable bonds is 5. The molecule has 0 amide bonds. The third-order valence-corrected chi connectivity index (χ3v) is 5.01. The van der Waals surface area contributed by atoms with Gasteiger partial charge in [-0.25, -0.2) is 0 Å². The molecular formula is C21H24F3N5S. The van der Waals surface area contributed by atoms with Crippen molar-refractivity contribution in [3.05, 3.63) is 65.2 Å². The van der Waals surface area contributed by atoms with E-state index >= 15 is 0 Å². The monoisotopic (exact) mass is 435 g/mol. The third-order valence-electron chi connectivity index (χ3n) is 4.92. The summed E-state index contributed by atoms with van der Waals surface area (Å²) in [6, 6.07) is 14.5. The van der Waals surface area contributed by atoms with Crippen LogP contribution in [0.4, 0.5) is 18.9 Å². The fraction of sp³-hybridized carbons (Fsp3) is 0.333. The smallest absolute Gasteiger partial charge is 0.375 e. The summed E-state index contributed by atoms with van der Waals surface area (Å²) in [4.78, 5) is 4.34. The Bertz CT molecular complexity index is 886. The lowest BCUT2D eigenvalue weighted by Gasteiger charge is -2.25. The van der Waals surface area contributed by atoms with Crippen LogP contribution in [0.25, 0.3) is 0 Å². The van der Waals surface area contributed by atoms with Crippen LogP contribution in [0.5, 0.6) is 0 Å². The van der Waals surface area contributed by atoms with Crippen LogP contribution in [-0.2, 0) is 12.7 Å². The zero-order valence-electron chi connectivity index (χ0n) is 16.4. The molecule has 0 bridgehead atoms. The van der Waals surface area contributed by atoms with Crippen LogP contribution in [0.1, 0.15) is 23.1 Å². The van der Waals surface area contributed by atoms with Crippen molar-refractivity contribution < 1.29 is 13.2 Å². The molecule has 3 rings (SSSR count). The predicted molar refractivity (Wildman–Crippen MR) is 118 cm³/mol. The van der Waals surface area contributed by atoms with Gasteiger partial charge in [0.15, 0.2) is 5.11 Å². The van der Waals surface area contributed by atoms with E-state index in [4.69, 9.17) is 5.73 Å². The molecule has 0 aliphatic carbocycles. The predicted octanol–water partition coefficient (Wildman–Crippen LogP) is 3.58. The van der Waals surface area contributed by atoms with Crippen LogP contribution in [0.15, 0.2) is 53.6 Å². The number of nitrogens with zero attached hydrogens (tertiary/aromatic N) is 3. The Morgan fingerprint density at radius 2 is 1.87 bits per heavy atom. The van der Waals surface area contributed by atoms with Gasteiger partial charge in [0, 0.05) is 44.0 Å². The first-order chi connectivity index (χ1) is 14.3. The summed E-state index contributed by atoms with van der Waals surface area (Å²) in [5, 5.41) is 3.55. The number of halogens is 3. The molecule has 5 nitrogen and oxygen atoms in total. The molecule has 1 aliphatic rings. The van der Waals surface area contributed by atoms with Crippen molar-refractivity contribution in [2.45, 2.75) is 19.1 Å². The van der Waals surface area contributed by atoms with Crippen molar-refractivity contribution >= 4 is 29.2 Å². The van der Waals surface area contributed by atoms with E-state index in [9.17, 15) is 13.2 Å². The topological polar surface area (TPSA) is 56.9 Å². The number of thiocarbonyl (C=S) groups is 1. The molecule has 1 heterocycles. The summed E-state index contributed by atoms with van der Waals surface area (Å²) < 4.78 is 40.8. The number of nitrogens with two attached hydrogens (primary N) is 1. The number of alkyl halides is 3. The van der Waals surface area contributed by atoms with Crippen LogP contribution < -0.4 is 16.1 Å². The first-order valence-electron chi connectivity index (χ1n) is 9.64. The number of benzene rings is 2. The van der Waals surface area contributed by atoms with Crippen molar-refractivity contribution in [2.24, 2.45) is 10.8 Å². The highest BCUT2D eigenvalue weighted by atomic mass is 32.1.